The quantitative estimate of drug-likeness (QED) is 0.824. The van der Waals surface area contributed by atoms with Crippen LogP contribution in [0.15, 0.2) is 18.2 Å². The highest BCUT2D eigenvalue weighted by Crippen LogP contribution is 2.31. The molecule has 1 saturated heterocycles. The molecule has 1 aliphatic heterocycles. The minimum absolute atomic E-state index is 0.0995. The molecule has 124 valence electrons. The molecule has 1 atom stereocenters. The summed E-state index contributed by atoms with van der Waals surface area (Å²) in [4.78, 5) is 36.7. The van der Waals surface area contributed by atoms with Crippen LogP contribution in [-0.2, 0) is 9.53 Å². The van der Waals surface area contributed by atoms with E-state index in [1.165, 1.54) is 30.2 Å². The topological polar surface area (TPSA) is 95.9 Å². The Hall–Kier alpha value is -2.28. The SMILES string of the molecule is COC(=O)c1ccc(Cl)cc1NC(=O)N1CCC(C)(C(=O)O)C1. The lowest BCUT2D eigenvalue weighted by atomic mass is 9.90. The normalized spacial score (nSPS) is 20.2. The van der Waals surface area contributed by atoms with Crippen molar-refractivity contribution in [2.45, 2.75) is 13.3 Å². The van der Waals surface area contributed by atoms with E-state index in [0.717, 1.165) is 0 Å². The molecule has 1 aromatic carbocycles. The number of esters is 1. The third-order valence-electron chi connectivity index (χ3n) is 3.91. The second-order valence-corrected chi connectivity index (χ2v) is 6.09. The highest BCUT2D eigenvalue weighted by Gasteiger charge is 2.42. The van der Waals surface area contributed by atoms with Gasteiger partial charge in [-0.05, 0) is 31.5 Å². The van der Waals surface area contributed by atoms with Crippen LogP contribution in [0.1, 0.15) is 23.7 Å². The first-order chi connectivity index (χ1) is 10.8. The van der Waals surface area contributed by atoms with E-state index in [1.807, 2.05) is 0 Å². The summed E-state index contributed by atoms with van der Waals surface area (Å²) in [6, 6.07) is 3.93. The number of urea groups is 1. The van der Waals surface area contributed by atoms with Gasteiger partial charge in [0.2, 0.25) is 0 Å². The van der Waals surface area contributed by atoms with Crippen LogP contribution in [0, 0.1) is 5.41 Å². The molecule has 0 saturated carbocycles. The number of likely N-dealkylation sites (tertiary alicyclic amines) is 1. The van der Waals surface area contributed by atoms with Crippen molar-refractivity contribution in [3.8, 4) is 0 Å². The largest absolute Gasteiger partial charge is 0.481 e. The smallest absolute Gasteiger partial charge is 0.339 e. The van der Waals surface area contributed by atoms with Crippen LogP contribution < -0.4 is 5.32 Å². The molecule has 23 heavy (non-hydrogen) atoms. The van der Waals surface area contributed by atoms with E-state index in [-0.39, 0.29) is 17.8 Å². The number of carboxylic acids is 1. The summed E-state index contributed by atoms with van der Waals surface area (Å²) in [5.41, 5.74) is -0.569. The van der Waals surface area contributed by atoms with Gasteiger partial charge < -0.3 is 20.1 Å². The van der Waals surface area contributed by atoms with E-state index >= 15 is 0 Å². The lowest BCUT2D eigenvalue weighted by Crippen LogP contribution is -2.37. The van der Waals surface area contributed by atoms with Crippen LogP contribution in [0.2, 0.25) is 5.02 Å². The van der Waals surface area contributed by atoms with E-state index in [9.17, 15) is 19.5 Å². The summed E-state index contributed by atoms with van der Waals surface area (Å²) in [5, 5.41) is 12.2. The van der Waals surface area contributed by atoms with Crippen LogP contribution in [-0.4, -0.2) is 48.2 Å². The number of carbonyl (C=O) groups excluding carboxylic acids is 2. The number of hydrogen-bond donors (Lipinski definition) is 2. The minimum Gasteiger partial charge on any atom is -0.481 e. The Morgan fingerprint density at radius 2 is 2.09 bits per heavy atom. The number of ether oxygens (including phenoxy) is 1. The molecule has 1 fully saturated rings. The number of carboxylic acid groups (broad SMARTS) is 1. The zero-order chi connectivity index (χ0) is 17.2. The summed E-state index contributed by atoms with van der Waals surface area (Å²) < 4.78 is 4.66. The number of benzene rings is 1. The molecule has 1 aromatic rings. The second-order valence-electron chi connectivity index (χ2n) is 5.65. The Labute approximate surface area is 138 Å². The molecule has 2 N–H and O–H groups in total. The Morgan fingerprint density at radius 1 is 1.39 bits per heavy atom. The average molecular weight is 341 g/mol. The summed E-state index contributed by atoms with van der Waals surface area (Å²) in [7, 11) is 1.24. The van der Waals surface area contributed by atoms with Gasteiger partial charge in [-0.1, -0.05) is 11.6 Å². The molecule has 2 rings (SSSR count). The molecule has 0 aliphatic carbocycles. The number of halogens is 1. The maximum Gasteiger partial charge on any atom is 0.339 e. The predicted octanol–water partition coefficient (Wildman–Crippen LogP) is 2.46. The van der Waals surface area contributed by atoms with Crippen molar-refractivity contribution in [3.05, 3.63) is 28.8 Å². The lowest BCUT2D eigenvalue weighted by Gasteiger charge is -2.21. The van der Waals surface area contributed by atoms with Crippen LogP contribution >= 0.6 is 11.6 Å². The van der Waals surface area contributed by atoms with Crippen molar-refractivity contribution >= 4 is 35.3 Å². The number of anilines is 1. The van der Waals surface area contributed by atoms with E-state index < -0.39 is 23.4 Å². The summed E-state index contributed by atoms with van der Waals surface area (Å²) in [6.45, 7) is 2.02. The molecule has 0 spiro atoms. The number of methoxy groups -OCH3 is 1. The molecule has 1 heterocycles. The zero-order valence-corrected chi connectivity index (χ0v) is 13.5. The highest BCUT2D eigenvalue weighted by atomic mass is 35.5. The van der Waals surface area contributed by atoms with Gasteiger partial charge in [-0.2, -0.15) is 0 Å². The number of nitrogens with one attached hydrogen (secondary N) is 1. The molecule has 1 unspecified atom stereocenters. The summed E-state index contributed by atoms with van der Waals surface area (Å²) in [6.07, 6.45) is 0.370. The van der Waals surface area contributed by atoms with Crippen molar-refractivity contribution in [3.63, 3.8) is 0 Å². The van der Waals surface area contributed by atoms with Gasteiger partial charge >= 0.3 is 18.0 Å². The van der Waals surface area contributed by atoms with E-state index in [2.05, 4.69) is 10.1 Å². The average Bonchev–Trinajstić information content (AvgIpc) is 2.91. The molecule has 1 aliphatic rings. The first-order valence-corrected chi connectivity index (χ1v) is 7.32. The molecule has 7 nitrogen and oxygen atoms in total. The standard InChI is InChI=1S/C15H17ClN2O5/c1-15(13(20)21)5-6-18(8-15)14(22)17-11-7-9(16)3-4-10(11)12(19)23-2/h3-4,7H,5-6,8H2,1-2H3,(H,17,22)(H,20,21). The third-order valence-corrected chi connectivity index (χ3v) is 4.14. The zero-order valence-electron chi connectivity index (χ0n) is 12.8. The molecule has 8 heteroatoms. The van der Waals surface area contributed by atoms with Crippen LogP contribution in [0.3, 0.4) is 0 Å². The number of rotatable bonds is 3. The van der Waals surface area contributed by atoms with Gasteiger partial charge in [0.05, 0.1) is 23.8 Å². The highest BCUT2D eigenvalue weighted by molar-refractivity contribution is 6.31. The number of aliphatic carboxylic acids is 1. The van der Waals surface area contributed by atoms with Crippen molar-refractivity contribution in [2.24, 2.45) is 5.41 Å². The fourth-order valence-electron chi connectivity index (χ4n) is 2.41. The Bertz CT molecular complexity index is 663. The minimum atomic E-state index is -0.961. The fourth-order valence-corrected chi connectivity index (χ4v) is 2.58. The third kappa shape index (κ3) is 3.56. The van der Waals surface area contributed by atoms with Gasteiger partial charge in [0.25, 0.3) is 0 Å². The number of carbonyl (C=O) groups is 3. The first kappa shape index (κ1) is 17.1. The van der Waals surface area contributed by atoms with E-state index in [0.29, 0.717) is 18.0 Å². The van der Waals surface area contributed by atoms with E-state index in [1.54, 1.807) is 6.92 Å². The van der Waals surface area contributed by atoms with Gasteiger partial charge in [0.1, 0.15) is 0 Å². The van der Waals surface area contributed by atoms with Gasteiger partial charge in [-0.15, -0.1) is 0 Å². The van der Waals surface area contributed by atoms with Crippen LogP contribution in [0.25, 0.3) is 0 Å². The second kappa shape index (κ2) is 6.45. The van der Waals surface area contributed by atoms with Crippen LogP contribution in [0.5, 0.6) is 0 Å². The van der Waals surface area contributed by atoms with E-state index in [4.69, 9.17) is 11.6 Å². The maximum absolute atomic E-state index is 12.3. The van der Waals surface area contributed by atoms with Gasteiger partial charge in [-0.25, -0.2) is 9.59 Å². The van der Waals surface area contributed by atoms with Crippen LogP contribution in [0.4, 0.5) is 10.5 Å². The lowest BCUT2D eigenvalue weighted by molar-refractivity contribution is -0.146. The number of nitrogens with zero attached hydrogens (tertiary/aromatic N) is 1. The molecule has 2 amide bonds. The molecule has 0 aromatic heterocycles. The number of hydrogen-bond acceptors (Lipinski definition) is 4. The Morgan fingerprint density at radius 3 is 2.65 bits per heavy atom. The Balaban J connectivity index is 2.17. The maximum atomic E-state index is 12.3. The first-order valence-electron chi connectivity index (χ1n) is 6.94. The molecular weight excluding hydrogens is 324 g/mol. The predicted molar refractivity (Wildman–Crippen MR) is 83.7 cm³/mol. The Kier molecular flexibility index (Phi) is 4.79. The fraction of sp³-hybridized carbons (Fsp3) is 0.400. The van der Waals surface area contributed by atoms with Gasteiger partial charge in [-0.3, -0.25) is 4.79 Å². The molecule has 0 radical (unpaired) electrons. The summed E-state index contributed by atoms with van der Waals surface area (Å²) >= 11 is 5.90. The van der Waals surface area contributed by atoms with Gasteiger partial charge in [0, 0.05) is 18.1 Å². The van der Waals surface area contributed by atoms with Crippen molar-refractivity contribution in [2.75, 3.05) is 25.5 Å². The van der Waals surface area contributed by atoms with Crippen molar-refractivity contribution in [1.29, 1.82) is 0 Å². The van der Waals surface area contributed by atoms with Crippen molar-refractivity contribution < 1.29 is 24.2 Å². The van der Waals surface area contributed by atoms with Crippen molar-refractivity contribution in [1.82, 2.24) is 4.90 Å². The monoisotopic (exact) mass is 340 g/mol. The molecule has 0 bridgehead atoms. The molecular formula is C15H17ClN2O5. The number of amides is 2. The van der Waals surface area contributed by atoms with Gasteiger partial charge in [0.15, 0.2) is 0 Å². The summed E-state index contributed by atoms with van der Waals surface area (Å²) in [5.74, 6) is -1.54.